The maximum Gasteiger partial charge on any atom is 0.336 e. The van der Waals surface area contributed by atoms with Crippen LogP contribution in [0.25, 0.3) is 5.65 Å². The zero-order chi connectivity index (χ0) is 29.9. The topological polar surface area (TPSA) is 187 Å². The Morgan fingerprint density at radius 1 is 1.20 bits per heavy atom. The molecule has 0 aromatic carbocycles. The molecule has 3 atom stereocenters. The van der Waals surface area contributed by atoms with Crippen LogP contribution in [0.4, 0.5) is 10.2 Å². The Labute approximate surface area is 234 Å². The van der Waals surface area contributed by atoms with Crippen molar-refractivity contribution in [2.75, 3.05) is 11.4 Å². The van der Waals surface area contributed by atoms with Gasteiger partial charge in [-0.25, -0.2) is 18.7 Å². The lowest BCUT2D eigenvalue weighted by molar-refractivity contribution is -0.167. The molecule has 2 unspecified atom stereocenters. The van der Waals surface area contributed by atoms with E-state index in [-0.39, 0.29) is 23.8 Å². The van der Waals surface area contributed by atoms with Gasteiger partial charge in [-0.2, -0.15) is 5.10 Å². The number of halogens is 1. The highest BCUT2D eigenvalue weighted by atomic mass is 19.1. The Hall–Kier alpha value is -4.46. The highest BCUT2D eigenvalue weighted by Gasteiger charge is 2.39. The first-order valence-electron chi connectivity index (χ1n) is 13.1. The van der Waals surface area contributed by atoms with Gasteiger partial charge in [-0.05, 0) is 57.2 Å². The van der Waals surface area contributed by atoms with Crippen molar-refractivity contribution in [3.63, 3.8) is 0 Å². The summed E-state index contributed by atoms with van der Waals surface area (Å²) in [5, 5.41) is 33.2. The molecule has 1 fully saturated rings. The third-order valence-electron chi connectivity index (χ3n) is 7.05. The van der Waals surface area contributed by atoms with E-state index in [2.05, 4.69) is 20.3 Å². The third kappa shape index (κ3) is 6.65. The number of aliphatic hydroxyl groups is 1. The van der Waals surface area contributed by atoms with E-state index < -0.39 is 36.2 Å². The van der Waals surface area contributed by atoms with Crippen molar-refractivity contribution in [1.29, 1.82) is 0 Å². The lowest BCUT2D eigenvalue weighted by Crippen LogP contribution is -2.42. The predicted molar refractivity (Wildman–Crippen MR) is 142 cm³/mol. The van der Waals surface area contributed by atoms with Crippen molar-refractivity contribution < 1.29 is 38.9 Å². The number of hydrogen-bond acceptors (Lipinski definition) is 9. The Kier molecular flexibility index (Phi) is 8.61. The minimum atomic E-state index is -2.49. The van der Waals surface area contributed by atoms with Gasteiger partial charge in [-0.15, -0.1) is 0 Å². The van der Waals surface area contributed by atoms with E-state index in [1.807, 2.05) is 19.2 Å². The summed E-state index contributed by atoms with van der Waals surface area (Å²) >= 11 is 0. The van der Waals surface area contributed by atoms with Gasteiger partial charge in [0.1, 0.15) is 23.0 Å². The number of carboxylic acids is 2. The largest absolute Gasteiger partial charge is 0.481 e. The number of hydrogen-bond donors (Lipinski definition) is 4. The number of rotatable bonds is 5. The maximum absolute atomic E-state index is 14.1. The molecule has 4 N–H and O–H groups in total. The number of aliphatic carboxylic acids is 2. The van der Waals surface area contributed by atoms with Gasteiger partial charge >= 0.3 is 11.9 Å². The second kappa shape index (κ2) is 12.0. The Bertz CT molecular complexity index is 1480. The number of aryl methyl sites for hydroxylation is 1. The van der Waals surface area contributed by atoms with Gasteiger partial charge in [-0.3, -0.25) is 19.4 Å². The highest BCUT2D eigenvalue weighted by Crippen LogP contribution is 2.37. The van der Waals surface area contributed by atoms with Gasteiger partial charge < -0.3 is 25.5 Å². The molecule has 5 rings (SSSR count). The monoisotopic (exact) mass is 570 g/mol. The molecule has 0 spiro atoms. The summed E-state index contributed by atoms with van der Waals surface area (Å²) in [5.74, 6) is -3.48. The number of ketones is 1. The van der Waals surface area contributed by atoms with E-state index in [9.17, 15) is 28.7 Å². The quantitative estimate of drug-likeness (QED) is 0.351. The van der Waals surface area contributed by atoms with Crippen LogP contribution in [-0.2, 0) is 20.8 Å². The van der Waals surface area contributed by atoms with Gasteiger partial charge in [0.05, 0.1) is 24.9 Å². The molecule has 41 heavy (non-hydrogen) atoms. The second-order valence-electron chi connectivity index (χ2n) is 10.4. The van der Waals surface area contributed by atoms with Gasteiger partial charge in [0.2, 0.25) is 0 Å². The first-order chi connectivity index (χ1) is 19.4. The molecule has 2 aliphatic heterocycles. The van der Waals surface area contributed by atoms with Crippen LogP contribution >= 0.6 is 0 Å². The van der Waals surface area contributed by atoms with Crippen LogP contribution in [-0.4, -0.2) is 76.7 Å². The maximum atomic E-state index is 14.1. The summed E-state index contributed by atoms with van der Waals surface area (Å²) < 4.78 is 15.7. The van der Waals surface area contributed by atoms with Crippen LogP contribution in [0.3, 0.4) is 0 Å². The molecular weight excluding hydrogens is 539 g/mol. The van der Waals surface area contributed by atoms with Crippen molar-refractivity contribution in [1.82, 2.24) is 24.9 Å². The van der Waals surface area contributed by atoms with E-state index in [1.54, 1.807) is 16.8 Å². The minimum Gasteiger partial charge on any atom is -0.481 e. The number of Topliss-reactive ketones (excluding diaryl/α,β-unsaturated/α-hetero) is 1. The van der Waals surface area contributed by atoms with E-state index >= 15 is 0 Å². The molecule has 14 heteroatoms. The molecule has 218 valence electrons. The minimum absolute atomic E-state index is 0.0271. The van der Waals surface area contributed by atoms with Gasteiger partial charge in [-0.1, -0.05) is 0 Å². The van der Waals surface area contributed by atoms with Crippen LogP contribution in [0.1, 0.15) is 73.6 Å². The zero-order valence-corrected chi connectivity index (χ0v) is 22.6. The molecule has 0 radical (unpaired) electrons. The molecule has 3 aromatic rings. The number of carboxylic acid groups (broad SMARTS) is 2. The number of carbonyl (C=O) groups is 4. The Morgan fingerprint density at radius 3 is 2.63 bits per heavy atom. The van der Waals surface area contributed by atoms with Crippen molar-refractivity contribution in [2.24, 2.45) is 0 Å². The van der Waals surface area contributed by atoms with Crippen molar-refractivity contribution in [3.05, 3.63) is 53.4 Å². The molecule has 2 aliphatic rings. The van der Waals surface area contributed by atoms with Crippen LogP contribution in [0.2, 0.25) is 0 Å². The van der Waals surface area contributed by atoms with Crippen molar-refractivity contribution in [3.8, 4) is 0 Å². The fourth-order valence-electron chi connectivity index (χ4n) is 5.13. The van der Waals surface area contributed by atoms with E-state index in [0.29, 0.717) is 17.6 Å². The third-order valence-corrected chi connectivity index (χ3v) is 7.05. The molecule has 1 amide bonds. The van der Waals surface area contributed by atoms with Crippen LogP contribution in [0.15, 0.2) is 30.7 Å². The first-order valence-corrected chi connectivity index (χ1v) is 13.1. The standard InChI is InChI=1S/C20H21FN6O.C7H10O6/c1-12-4-5-16-14(9-13(21)10-22-16)17-3-2-7-26(17)18-6-8-27-19(25-18)15(11-23-27)20(28)24-12;1-4(8)2-7(13,6(11)12)3-5(9)10/h6,8-12,17H,2-5,7H2,1H3,(H,24,28);13H,2-3H2,1H3,(H,9,10)(H,11,12)/t12-,17?;/m1./s1. The summed E-state index contributed by atoms with van der Waals surface area (Å²) in [4.78, 5) is 55.2. The fraction of sp³-hybridized carbons (Fsp3) is 0.444. The average Bonchev–Trinajstić information content (AvgIpc) is 3.54. The zero-order valence-electron chi connectivity index (χ0n) is 22.6. The number of nitrogens with zero attached hydrogens (tertiary/aromatic N) is 5. The molecule has 0 saturated carbocycles. The molecule has 5 heterocycles. The second-order valence-corrected chi connectivity index (χ2v) is 10.4. The number of nitrogens with one attached hydrogen (secondary N) is 1. The lowest BCUT2D eigenvalue weighted by atomic mass is 9.94. The van der Waals surface area contributed by atoms with Crippen LogP contribution in [0, 0.1) is 5.82 Å². The summed E-state index contributed by atoms with van der Waals surface area (Å²) in [7, 11) is 0. The molecule has 2 bridgehead atoms. The molecule has 0 aliphatic carbocycles. The van der Waals surface area contributed by atoms with Gasteiger partial charge in [0, 0.05) is 30.9 Å². The van der Waals surface area contributed by atoms with Crippen LogP contribution in [0.5, 0.6) is 0 Å². The highest BCUT2D eigenvalue weighted by molar-refractivity contribution is 6.00. The van der Waals surface area contributed by atoms with E-state index in [0.717, 1.165) is 49.8 Å². The molecule has 13 nitrogen and oxygen atoms in total. The number of carbonyl (C=O) groups excluding carboxylic acids is 2. The summed E-state index contributed by atoms with van der Waals surface area (Å²) in [5.41, 5.74) is 0.320. The van der Waals surface area contributed by atoms with E-state index in [4.69, 9.17) is 15.2 Å². The number of aromatic nitrogens is 4. The predicted octanol–water partition coefficient (Wildman–Crippen LogP) is 1.93. The number of amides is 1. The number of pyridine rings is 1. The molecule has 1 saturated heterocycles. The lowest BCUT2D eigenvalue weighted by Gasteiger charge is -2.27. The smallest absolute Gasteiger partial charge is 0.336 e. The first kappa shape index (κ1) is 29.5. The van der Waals surface area contributed by atoms with Gasteiger partial charge in [0.25, 0.3) is 5.91 Å². The molecule has 3 aromatic heterocycles. The summed E-state index contributed by atoms with van der Waals surface area (Å²) in [6, 6.07) is 3.48. The Balaban J connectivity index is 0.000000254. The average molecular weight is 571 g/mol. The molecular formula is C27H31FN6O7. The normalized spacial score (nSPS) is 19.8. The van der Waals surface area contributed by atoms with E-state index in [1.165, 1.54) is 6.20 Å². The Morgan fingerprint density at radius 2 is 1.95 bits per heavy atom. The van der Waals surface area contributed by atoms with Gasteiger partial charge in [0.15, 0.2) is 11.2 Å². The SMILES string of the molecule is CC(=O)CC(O)(CC(=O)O)C(=O)O.C[C@@H]1CCc2ncc(F)cc2C2CCCN2c2ccn3ncc(c3n2)C(=O)N1. The number of anilines is 1. The summed E-state index contributed by atoms with van der Waals surface area (Å²) in [6.07, 6.45) is 6.28. The summed E-state index contributed by atoms with van der Waals surface area (Å²) in [6.45, 7) is 3.87. The van der Waals surface area contributed by atoms with Crippen LogP contribution < -0.4 is 10.2 Å². The van der Waals surface area contributed by atoms with Crippen molar-refractivity contribution in [2.45, 2.75) is 70.1 Å². The fourth-order valence-corrected chi connectivity index (χ4v) is 5.13. The van der Waals surface area contributed by atoms with Crippen molar-refractivity contribution >= 4 is 35.1 Å². The number of fused-ring (bicyclic) bond motifs is 5.